The minimum atomic E-state index is -4.47. The van der Waals surface area contributed by atoms with Gasteiger partial charge in [0.05, 0.1) is 17.5 Å². The van der Waals surface area contributed by atoms with Gasteiger partial charge in [0.2, 0.25) is 10.0 Å². The van der Waals surface area contributed by atoms with Gasteiger partial charge in [-0.2, -0.15) is 0 Å². The van der Waals surface area contributed by atoms with Crippen molar-refractivity contribution in [2.24, 2.45) is 0 Å². The van der Waals surface area contributed by atoms with Crippen molar-refractivity contribution in [1.29, 1.82) is 0 Å². The molecule has 0 bridgehead atoms. The zero-order valence-electron chi connectivity index (χ0n) is 22.0. The summed E-state index contributed by atoms with van der Waals surface area (Å²) in [5.74, 6) is -1.09. The average molecular weight is 632 g/mol. The number of β-amino-alcohol motifs (C(OH)–C–C–N with tert-alkyl or cyclic N) is 1. The van der Waals surface area contributed by atoms with Crippen molar-refractivity contribution < 1.29 is 52.1 Å². The first-order chi connectivity index (χ1) is 18.5. The Bertz CT molecular complexity index is 1140. The summed E-state index contributed by atoms with van der Waals surface area (Å²) in [5.41, 5.74) is 0. The topological polar surface area (TPSA) is 232 Å². The van der Waals surface area contributed by atoms with E-state index in [1.807, 2.05) is 0 Å². The Morgan fingerprint density at radius 2 is 1.23 bits per heavy atom. The lowest BCUT2D eigenvalue weighted by atomic mass is 10.3. The molecule has 1 unspecified atom stereocenters. The Morgan fingerprint density at radius 1 is 0.800 bits per heavy atom. The molecule has 1 fully saturated rings. The molecule has 0 amide bonds. The number of aliphatic hydroxyl groups is 1. The number of aliphatic carboxylic acids is 1. The van der Waals surface area contributed by atoms with Crippen LogP contribution in [0.2, 0.25) is 0 Å². The molecular weight excluding hydrogens is 592 g/mol. The highest BCUT2D eigenvalue weighted by molar-refractivity contribution is 7.89. The van der Waals surface area contributed by atoms with E-state index in [9.17, 15) is 52.1 Å². The van der Waals surface area contributed by atoms with Gasteiger partial charge in [-0.15, -0.1) is 0 Å². The summed E-state index contributed by atoms with van der Waals surface area (Å²) in [7, 11) is -12.8. The predicted octanol–water partition coefficient (Wildman–Crippen LogP) is -2.10. The minimum absolute atomic E-state index is 0.00764. The highest BCUT2D eigenvalue weighted by Gasteiger charge is 2.26. The monoisotopic (exact) mass is 631 g/mol. The van der Waals surface area contributed by atoms with Crippen LogP contribution in [0.1, 0.15) is 0 Å². The van der Waals surface area contributed by atoms with Crippen molar-refractivity contribution in [3.05, 3.63) is 30.3 Å². The fourth-order valence-corrected chi connectivity index (χ4v) is 6.87. The summed E-state index contributed by atoms with van der Waals surface area (Å²) >= 11 is 0. The molecular formula is C21H39N5O11P2S. The highest BCUT2D eigenvalue weighted by atomic mass is 32.2. The molecule has 0 aliphatic carbocycles. The van der Waals surface area contributed by atoms with E-state index >= 15 is 0 Å². The van der Waals surface area contributed by atoms with E-state index < -0.39 is 49.9 Å². The Hall–Kier alpha value is -1.30. The molecule has 0 saturated carbocycles. The summed E-state index contributed by atoms with van der Waals surface area (Å²) < 4.78 is 50.7. The van der Waals surface area contributed by atoms with Crippen LogP contribution in [-0.4, -0.2) is 154 Å². The van der Waals surface area contributed by atoms with Crippen LogP contribution >= 0.6 is 15.2 Å². The Morgan fingerprint density at radius 3 is 1.65 bits per heavy atom. The largest absolute Gasteiger partial charge is 0.480 e. The quantitative estimate of drug-likeness (QED) is 0.123. The molecule has 16 nitrogen and oxygen atoms in total. The van der Waals surface area contributed by atoms with Crippen molar-refractivity contribution in [3.63, 3.8) is 0 Å². The van der Waals surface area contributed by atoms with Crippen LogP contribution in [0.25, 0.3) is 0 Å². The second-order valence-corrected chi connectivity index (χ2v) is 14.6. The maximum atomic E-state index is 12.5. The molecule has 1 atom stereocenters. The lowest BCUT2D eigenvalue weighted by molar-refractivity contribution is -0.138. The zero-order chi connectivity index (χ0) is 30.0. The first-order valence-corrected chi connectivity index (χ1v) is 17.5. The normalized spacial score (nSPS) is 19.5. The van der Waals surface area contributed by atoms with Gasteiger partial charge in [0, 0.05) is 65.4 Å². The second-order valence-electron chi connectivity index (χ2n) is 9.64. The van der Waals surface area contributed by atoms with Crippen molar-refractivity contribution in [1.82, 2.24) is 24.3 Å². The first-order valence-electron chi connectivity index (χ1n) is 12.5. The van der Waals surface area contributed by atoms with Gasteiger partial charge in [-0.25, -0.2) is 13.1 Å². The van der Waals surface area contributed by atoms with E-state index in [1.54, 1.807) is 28.0 Å². The SMILES string of the molecule is O=C(O)CN1CCN(CC(O)CNS(=O)(=O)c2ccccc2)CCN(CP(=O)(O)O)CCN(CP(=O)(O)O)CC1. The van der Waals surface area contributed by atoms with Gasteiger partial charge >= 0.3 is 21.2 Å². The molecule has 1 heterocycles. The van der Waals surface area contributed by atoms with E-state index in [4.69, 9.17) is 0 Å². The number of sulfonamides is 1. The number of hydrogen-bond acceptors (Lipinski definition) is 10. The third-order valence-electron chi connectivity index (χ3n) is 6.09. The zero-order valence-corrected chi connectivity index (χ0v) is 24.6. The minimum Gasteiger partial charge on any atom is -0.480 e. The number of carboxylic acid groups (broad SMARTS) is 1. The molecule has 0 spiro atoms. The molecule has 1 aromatic rings. The maximum Gasteiger partial charge on any atom is 0.339 e. The molecule has 0 radical (unpaired) electrons. The number of carboxylic acids is 1. The van der Waals surface area contributed by atoms with Crippen LogP contribution in [0.15, 0.2) is 35.2 Å². The molecule has 0 aromatic heterocycles. The van der Waals surface area contributed by atoms with Crippen LogP contribution in [-0.2, 0) is 23.9 Å². The summed E-state index contributed by atoms with van der Waals surface area (Å²) in [4.78, 5) is 55.6. The van der Waals surface area contributed by atoms with Crippen LogP contribution in [0.4, 0.5) is 0 Å². The third kappa shape index (κ3) is 14.5. The molecule has 1 saturated heterocycles. The molecule has 1 aliphatic heterocycles. The molecule has 230 valence electrons. The lowest BCUT2D eigenvalue weighted by Crippen LogP contribution is -2.49. The molecule has 2 rings (SSSR count). The Labute approximate surface area is 233 Å². The lowest BCUT2D eigenvalue weighted by Gasteiger charge is -2.34. The summed E-state index contributed by atoms with van der Waals surface area (Å²) in [6.07, 6.45) is -2.32. The highest BCUT2D eigenvalue weighted by Crippen LogP contribution is 2.36. The summed E-state index contributed by atoms with van der Waals surface area (Å²) in [5, 5.41) is 19.9. The van der Waals surface area contributed by atoms with E-state index in [2.05, 4.69) is 4.72 Å². The van der Waals surface area contributed by atoms with E-state index in [0.29, 0.717) is 0 Å². The molecule has 1 aliphatic rings. The van der Waals surface area contributed by atoms with Gasteiger partial charge < -0.3 is 29.8 Å². The summed E-state index contributed by atoms with van der Waals surface area (Å²) in [6.45, 7) is 0.508. The van der Waals surface area contributed by atoms with Crippen molar-refractivity contribution in [2.45, 2.75) is 11.0 Å². The van der Waals surface area contributed by atoms with Crippen LogP contribution in [0, 0.1) is 0 Å². The fourth-order valence-electron chi connectivity index (χ4n) is 4.17. The second kappa shape index (κ2) is 15.8. The van der Waals surface area contributed by atoms with Crippen molar-refractivity contribution >= 4 is 31.2 Å². The average Bonchev–Trinajstić information content (AvgIpc) is 2.83. The van der Waals surface area contributed by atoms with Gasteiger partial charge in [-0.1, -0.05) is 18.2 Å². The number of benzene rings is 1. The van der Waals surface area contributed by atoms with Crippen molar-refractivity contribution in [2.75, 3.05) is 84.6 Å². The number of aliphatic hydroxyl groups excluding tert-OH is 1. The molecule has 1 aromatic carbocycles. The number of rotatable bonds is 12. The van der Waals surface area contributed by atoms with Gasteiger partial charge in [0.25, 0.3) is 0 Å². The molecule has 19 heteroatoms. The van der Waals surface area contributed by atoms with E-state index in [-0.39, 0.29) is 76.9 Å². The van der Waals surface area contributed by atoms with Gasteiger partial charge in [-0.05, 0) is 12.1 Å². The number of nitrogens with one attached hydrogen (secondary N) is 1. The summed E-state index contributed by atoms with van der Waals surface area (Å²) in [6, 6.07) is 7.64. The standard InChI is InChI=1S/C21H39N5O11P2S/c27-19(14-22-40(36,37)20-4-2-1-3-5-20)15-23-6-7-24(16-21(28)29)9-11-26(18-39(33,34)35)13-12-25(10-8-23)17-38(30,31)32/h1-5,19,22,27H,6-18H2,(H,28,29)(H2,30,31,32)(H2,33,34,35). The Balaban J connectivity index is 2.14. The van der Waals surface area contributed by atoms with Crippen LogP contribution in [0.5, 0.6) is 0 Å². The molecule has 7 N–H and O–H groups in total. The molecule has 40 heavy (non-hydrogen) atoms. The smallest absolute Gasteiger partial charge is 0.339 e. The van der Waals surface area contributed by atoms with Crippen LogP contribution < -0.4 is 4.72 Å². The van der Waals surface area contributed by atoms with Crippen molar-refractivity contribution in [3.8, 4) is 0 Å². The van der Waals surface area contributed by atoms with Gasteiger partial charge in [0.1, 0.15) is 12.6 Å². The Kier molecular flexibility index (Phi) is 13.8. The van der Waals surface area contributed by atoms with Crippen LogP contribution in [0.3, 0.4) is 0 Å². The number of carbonyl (C=O) groups is 1. The number of nitrogens with zero attached hydrogens (tertiary/aromatic N) is 4. The fraction of sp³-hybridized carbons (Fsp3) is 0.667. The van der Waals surface area contributed by atoms with E-state index in [0.717, 1.165) is 0 Å². The predicted molar refractivity (Wildman–Crippen MR) is 145 cm³/mol. The third-order valence-corrected chi connectivity index (χ3v) is 9.06. The van der Waals surface area contributed by atoms with Gasteiger partial charge in [-0.3, -0.25) is 33.5 Å². The van der Waals surface area contributed by atoms with E-state index in [1.165, 1.54) is 21.9 Å². The maximum absolute atomic E-state index is 12.5. The first kappa shape index (κ1) is 34.9. The number of hydrogen-bond donors (Lipinski definition) is 7. The van der Waals surface area contributed by atoms with Gasteiger partial charge in [0.15, 0.2) is 0 Å².